The SMILES string of the molecule is Cc1cc(/C(O)=C2\C(=O)C(=O)N(c3cccc(F)c3)C2c2ccccc2F)ccc1OCc1ccccc1. The molecule has 1 amide bonds. The number of anilines is 1. The Labute approximate surface area is 218 Å². The van der Waals surface area contributed by atoms with Gasteiger partial charge in [0, 0.05) is 16.8 Å². The largest absolute Gasteiger partial charge is 0.507 e. The van der Waals surface area contributed by atoms with Gasteiger partial charge in [-0.1, -0.05) is 54.6 Å². The lowest BCUT2D eigenvalue weighted by molar-refractivity contribution is -0.132. The number of nitrogens with zero attached hydrogens (tertiary/aromatic N) is 1. The molecule has 4 aromatic carbocycles. The van der Waals surface area contributed by atoms with Gasteiger partial charge >= 0.3 is 0 Å². The topological polar surface area (TPSA) is 66.8 Å². The molecule has 1 aliphatic heterocycles. The summed E-state index contributed by atoms with van der Waals surface area (Å²) in [5, 5.41) is 11.3. The van der Waals surface area contributed by atoms with Crippen LogP contribution in [0.1, 0.15) is 28.3 Å². The van der Waals surface area contributed by atoms with Gasteiger partial charge < -0.3 is 9.84 Å². The second-order valence-electron chi connectivity index (χ2n) is 8.93. The predicted molar refractivity (Wildman–Crippen MR) is 140 cm³/mol. The summed E-state index contributed by atoms with van der Waals surface area (Å²) < 4.78 is 35.0. The minimum Gasteiger partial charge on any atom is -0.507 e. The molecule has 0 aliphatic carbocycles. The van der Waals surface area contributed by atoms with Crippen LogP contribution in [-0.4, -0.2) is 16.8 Å². The molecule has 0 aromatic heterocycles. The highest BCUT2D eigenvalue weighted by Gasteiger charge is 2.47. The molecule has 7 heteroatoms. The molecule has 1 aliphatic rings. The number of Topliss-reactive ketones (excluding diaryl/α,β-unsaturated/α-hetero) is 1. The Kier molecular flexibility index (Phi) is 6.75. The normalized spacial score (nSPS) is 16.6. The Hall–Kier alpha value is -4.78. The summed E-state index contributed by atoms with van der Waals surface area (Å²) in [4.78, 5) is 27.4. The summed E-state index contributed by atoms with van der Waals surface area (Å²) in [5.41, 5.74) is 1.71. The maximum atomic E-state index is 15.0. The van der Waals surface area contributed by atoms with Crippen molar-refractivity contribution in [1.82, 2.24) is 0 Å². The summed E-state index contributed by atoms with van der Waals surface area (Å²) in [6, 6.07) is 24.0. The fraction of sp³-hybridized carbons (Fsp3) is 0.0968. The first-order valence-corrected chi connectivity index (χ1v) is 11.9. The van der Waals surface area contributed by atoms with Crippen molar-refractivity contribution in [1.29, 1.82) is 0 Å². The molecule has 1 heterocycles. The van der Waals surface area contributed by atoms with Crippen LogP contribution in [0.2, 0.25) is 0 Å². The van der Waals surface area contributed by atoms with Gasteiger partial charge in [0.15, 0.2) is 0 Å². The number of rotatable bonds is 6. The number of benzene rings is 4. The number of halogens is 2. The van der Waals surface area contributed by atoms with Crippen molar-refractivity contribution in [3.8, 4) is 5.75 Å². The third kappa shape index (κ3) is 4.66. The van der Waals surface area contributed by atoms with Crippen molar-refractivity contribution in [2.24, 2.45) is 0 Å². The van der Waals surface area contributed by atoms with Crippen molar-refractivity contribution >= 4 is 23.1 Å². The van der Waals surface area contributed by atoms with Gasteiger partial charge in [-0.25, -0.2) is 8.78 Å². The lowest BCUT2D eigenvalue weighted by atomic mass is 9.94. The molecule has 1 atom stereocenters. The van der Waals surface area contributed by atoms with Crippen LogP contribution in [0.3, 0.4) is 0 Å². The minimum absolute atomic E-state index is 0.00273. The number of ether oxygens (including phenoxy) is 1. The van der Waals surface area contributed by atoms with Crippen molar-refractivity contribution in [2.75, 3.05) is 4.90 Å². The van der Waals surface area contributed by atoms with Gasteiger partial charge in [-0.3, -0.25) is 14.5 Å². The molecule has 190 valence electrons. The first kappa shape index (κ1) is 24.9. The van der Waals surface area contributed by atoms with Crippen LogP contribution >= 0.6 is 0 Å². The number of hydrogen-bond donors (Lipinski definition) is 1. The van der Waals surface area contributed by atoms with Crippen LogP contribution in [-0.2, 0) is 16.2 Å². The monoisotopic (exact) mass is 511 g/mol. The molecule has 1 unspecified atom stereocenters. The van der Waals surface area contributed by atoms with Crippen LogP contribution in [0.5, 0.6) is 5.75 Å². The molecule has 0 bridgehead atoms. The Morgan fingerprint density at radius 3 is 2.34 bits per heavy atom. The highest BCUT2D eigenvalue weighted by Crippen LogP contribution is 2.43. The lowest BCUT2D eigenvalue weighted by Crippen LogP contribution is -2.30. The minimum atomic E-state index is -1.30. The first-order valence-electron chi connectivity index (χ1n) is 11.9. The van der Waals surface area contributed by atoms with Crippen LogP contribution < -0.4 is 9.64 Å². The van der Waals surface area contributed by atoms with Crippen molar-refractivity contribution < 1.29 is 28.2 Å². The van der Waals surface area contributed by atoms with E-state index in [4.69, 9.17) is 4.74 Å². The number of carbonyl (C=O) groups is 2. The smallest absolute Gasteiger partial charge is 0.300 e. The third-order valence-corrected chi connectivity index (χ3v) is 6.42. The number of carbonyl (C=O) groups excluding carboxylic acids is 2. The van der Waals surface area contributed by atoms with Crippen molar-refractivity contribution in [2.45, 2.75) is 19.6 Å². The number of hydrogen-bond acceptors (Lipinski definition) is 4. The molecule has 0 saturated carbocycles. The van der Waals surface area contributed by atoms with Gasteiger partial charge in [0.1, 0.15) is 29.8 Å². The van der Waals surface area contributed by atoms with E-state index in [2.05, 4.69) is 0 Å². The Balaban J connectivity index is 1.57. The second-order valence-corrected chi connectivity index (χ2v) is 8.93. The maximum Gasteiger partial charge on any atom is 0.300 e. The Bertz CT molecular complexity index is 1570. The highest BCUT2D eigenvalue weighted by molar-refractivity contribution is 6.51. The lowest BCUT2D eigenvalue weighted by Gasteiger charge is -2.25. The molecule has 1 fully saturated rings. The van der Waals surface area contributed by atoms with E-state index < -0.39 is 35.1 Å². The molecule has 1 saturated heterocycles. The number of ketones is 1. The molecular formula is C31H23F2NO4. The number of aliphatic hydroxyl groups is 1. The molecule has 0 spiro atoms. The first-order chi connectivity index (χ1) is 18.3. The van der Waals surface area contributed by atoms with E-state index in [0.29, 0.717) is 17.9 Å². The van der Waals surface area contributed by atoms with Crippen LogP contribution in [0.25, 0.3) is 5.76 Å². The van der Waals surface area contributed by atoms with E-state index in [1.165, 1.54) is 36.4 Å². The van der Waals surface area contributed by atoms with Crippen LogP contribution in [0.15, 0.2) is 103 Å². The highest BCUT2D eigenvalue weighted by atomic mass is 19.1. The van der Waals surface area contributed by atoms with Gasteiger partial charge in [0.05, 0.1) is 11.6 Å². The molecule has 4 aromatic rings. The van der Waals surface area contributed by atoms with Crippen LogP contribution in [0.4, 0.5) is 14.5 Å². The molecule has 5 rings (SSSR count). The van der Waals surface area contributed by atoms with Gasteiger partial charge in [-0.15, -0.1) is 0 Å². The van der Waals surface area contributed by atoms with Gasteiger partial charge in [0.2, 0.25) is 0 Å². The summed E-state index contributed by atoms with van der Waals surface area (Å²) in [7, 11) is 0. The Morgan fingerprint density at radius 1 is 0.895 bits per heavy atom. The van der Waals surface area contributed by atoms with E-state index in [0.717, 1.165) is 16.5 Å². The summed E-state index contributed by atoms with van der Waals surface area (Å²) in [5.74, 6) is -3.18. The number of amides is 1. The fourth-order valence-electron chi connectivity index (χ4n) is 4.57. The number of aliphatic hydroxyl groups excluding tert-OH is 1. The fourth-order valence-corrected chi connectivity index (χ4v) is 4.57. The zero-order valence-corrected chi connectivity index (χ0v) is 20.4. The summed E-state index contributed by atoms with van der Waals surface area (Å²) in [6.45, 7) is 2.13. The molecule has 5 nitrogen and oxygen atoms in total. The van der Waals surface area contributed by atoms with Crippen molar-refractivity contribution in [3.63, 3.8) is 0 Å². The Morgan fingerprint density at radius 2 is 1.63 bits per heavy atom. The van der Waals surface area contributed by atoms with E-state index in [9.17, 15) is 19.1 Å². The predicted octanol–water partition coefficient (Wildman–Crippen LogP) is 6.48. The average Bonchev–Trinajstić information content (AvgIpc) is 3.18. The quantitative estimate of drug-likeness (QED) is 0.183. The van der Waals surface area contributed by atoms with E-state index >= 15 is 4.39 Å². The molecular weight excluding hydrogens is 488 g/mol. The number of aryl methyl sites for hydroxylation is 1. The summed E-state index contributed by atoms with van der Waals surface area (Å²) >= 11 is 0. The second kappa shape index (κ2) is 10.3. The summed E-state index contributed by atoms with van der Waals surface area (Å²) in [6.07, 6.45) is 0. The third-order valence-electron chi connectivity index (χ3n) is 6.42. The van der Waals surface area contributed by atoms with Gasteiger partial charge in [-0.2, -0.15) is 0 Å². The average molecular weight is 512 g/mol. The maximum absolute atomic E-state index is 15.0. The molecule has 38 heavy (non-hydrogen) atoms. The van der Waals surface area contributed by atoms with E-state index in [-0.39, 0.29) is 22.4 Å². The van der Waals surface area contributed by atoms with Gasteiger partial charge in [-0.05, 0) is 60.5 Å². The standard InChI is InChI=1S/C31H23F2NO4/c1-19-16-21(14-15-26(19)38-18-20-8-3-2-4-9-20)29(35)27-28(24-12-5-6-13-25(24)33)34(31(37)30(27)36)23-11-7-10-22(32)17-23/h2-17,28,35H,18H2,1H3/b29-27+. The van der Waals surface area contributed by atoms with E-state index in [1.807, 2.05) is 30.3 Å². The zero-order chi connectivity index (χ0) is 26.8. The molecule has 1 N–H and O–H groups in total. The zero-order valence-electron chi connectivity index (χ0n) is 20.4. The van der Waals surface area contributed by atoms with Gasteiger partial charge in [0.25, 0.3) is 11.7 Å². The van der Waals surface area contributed by atoms with E-state index in [1.54, 1.807) is 31.2 Å². The molecule has 0 radical (unpaired) electrons. The van der Waals surface area contributed by atoms with Crippen molar-refractivity contribution in [3.05, 3.63) is 137 Å². The van der Waals surface area contributed by atoms with Crippen LogP contribution in [0, 0.1) is 18.6 Å².